The predicted molar refractivity (Wildman–Crippen MR) is 102 cm³/mol. The Balaban J connectivity index is 1.88. The number of hydrogen-bond acceptors (Lipinski definition) is 5. The Bertz CT molecular complexity index is 767. The SMILES string of the molecule is COc1cccc(NC(=O)CN(C)[C@H](C)C(=O)Nc2ccc(Cl)cn2)c1. The van der Waals surface area contributed by atoms with Crippen LogP contribution in [0.25, 0.3) is 0 Å². The van der Waals surface area contributed by atoms with E-state index in [1.807, 2.05) is 0 Å². The molecule has 0 unspecified atom stereocenters. The third-order valence-corrected chi connectivity index (χ3v) is 3.99. The third-order valence-electron chi connectivity index (χ3n) is 3.77. The molecule has 0 spiro atoms. The molecule has 2 N–H and O–H groups in total. The summed E-state index contributed by atoms with van der Waals surface area (Å²) in [5.41, 5.74) is 0.630. The van der Waals surface area contributed by atoms with Crippen molar-refractivity contribution < 1.29 is 14.3 Å². The Labute approximate surface area is 157 Å². The fourth-order valence-corrected chi connectivity index (χ4v) is 2.26. The Hall–Kier alpha value is -2.64. The van der Waals surface area contributed by atoms with Gasteiger partial charge < -0.3 is 15.4 Å². The fourth-order valence-electron chi connectivity index (χ4n) is 2.15. The summed E-state index contributed by atoms with van der Waals surface area (Å²) in [6.07, 6.45) is 1.45. The molecule has 0 fully saturated rings. The van der Waals surface area contributed by atoms with Gasteiger partial charge in [0.05, 0.1) is 24.7 Å². The van der Waals surface area contributed by atoms with Gasteiger partial charge in [-0.1, -0.05) is 17.7 Å². The highest BCUT2D eigenvalue weighted by Crippen LogP contribution is 2.16. The van der Waals surface area contributed by atoms with E-state index in [1.54, 1.807) is 62.4 Å². The van der Waals surface area contributed by atoms with Crippen molar-refractivity contribution in [3.05, 3.63) is 47.6 Å². The van der Waals surface area contributed by atoms with Gasteiger partial charge in [-0.25, -0.2) is 4.98 Å². The number of pyridine rings is 1. The molecule has 1 atom stereocenters. The van der Waals surface area contributed by atoms with Crippen molar-refractivity contribution in [1.29, 1.82) is 0 Å². The number of hydrogen-bond donors (Lipinski definition) is 2. The number of ether oxygens (including phenoxy) is 1. The van der Waals surface area contributed by atoms with E-state index in [4.69, 9.17) is 16.3 Å². The Morgan fingerprint density at radius 2 is 2.04 bits per heavy atom. The van der Waals surface area contributed by atoms with Crippen LogP contribution < -0.4 is 15.4 Å². The van der Waals surface area contributed by atoms with Gasteiger partial charge in [0.2, 0.25) is 11.8 Å². The number of likely N-dealkylation sites (N-methyl/N-ethyl adjacent to an activating group) is 1. The normalized spacial score (nSPS) is 11.7. The van der Waals surface area contributed by atoms with Crippen molar-refractivity contribution in [1.82, 2.24) is 9.88 Å². The molecule has 0 aliphatic rings. The monoisotopic (exact) mass is 376 g/mol. The van der Waals surface area contributed by atoms with E-state index in [0.717, 1.165) is 0 Å². The van der Waals surface area contributed by atoms with Gasteiger partial charge in [0.25, 0.3) is 0 Å². The van der Waals surface area contributed by atoms with Crippen molar-refractivity contribution >= 4 is 34.9 Å². The molecule has 7 nitrogen and oxygen atoms in total. The lowest BCUT2D eigenvalue weighted by Crippen LogP contribution is -2.43. The molecule has 0 saturated heterocycles. The topological polar surface area (TPSA) is 83.6 Å². The van der Waals surface area contributed by atoms with Crippen LogP contribution in [0.2, 0.25) is 5.02 Å². The lowest BCUT2D eigenvalue weighted by molar-refractivity contribution is -0.122. The van der Waals surface area contributed by atoms with Crippen LogP contribution in [0.1, 0.15) is 6.92 Å². The van der Waals surface area contributed by atoms with Crippen molar-refractivity contribution in [2.24, 2.45) is 0 Å². The largest absolute Gasteiger partial charge is 0.497 e. The van der Waals surface area contributed by atoms with Crippen molar-refractivity contribution in [3.63, 3.8) is 0 Å². The van der Waals surface area contributed by atoms with Crippen LogP contribution in [0.5, 0.6) is 5.75 Å². The minimum atomic E-state index is -0.525. The first-order valence-electron chi connectivity index (χ1n) is 7.95. The van der Waals surface area contributed by atoms with Gasteiger partial charge in [-0.15, -0.1) is 0 Å². The van der Waals surface area contributed by atoms with Crippen LogP contribution >= 0.6 is 11.6 Å². The molecule has 0 bridgehead atoms. The number of halogens is 1. The van der Waals surface area contributed by atoms with E-state index >= 15 is 0 Å². The van der Waals surface area contributed by atoms with Crippen LogP contribution in [0, 0.1) is 0 Å². The molecule has 8 heteroatoms. The number of carbonyl (C=O) groups is 2. The Morgan fingerprint density at radius 1 is 1.27 bits per heavy atom. The number of anilines is 2. The maximum atomic E-state index is 12.3. The second-order valence-corrected chi connectivity index (χ2v) is 6.16. The molecule has 2 rings (SSSR count). The van der Waals surface area contributed by atoms with Crippen molar-refractivity contribution in [2.45, 2.75) is 13.0 Å². The smallest absolute Gasteiger partial charge is 0.242 e. The van der Waals surface area contributed by atoms with Gasteiger partial charge in [0, 0.05) is 18.0 Å². The lowest BCUT2D eigenvalue weighted by atomic mass is 10.2. The zero-order valence-corrected chi connectivity index (χ0v) is 15.6. The van der Waals surface area contributed by atoms with Crippen LogP contribution in [0.3, 0.4) is 0 Å². The number of carbonyl (C=O) groups excluding carboxylic acids is 2. The molecule has 0 radical (unpaired) electrons. The minimum Gasteiger partial charge on any atom is -0.497 e. The third kappa shape index (κ3) is 5.72. The van der Waals surface area contributed by atoms with E-state index in [9.17, 15) is 9.59 Å². The number of benzene rings is 1. The standard InChI is InChI=1S/C18H21ClN4O3/c1-12(18(25)22-16-8-7-13(19)10-20-16)23(2)11-17(24)21-14-5-4-6-15(9-14)26-3/h4-10,12H,11H2,1-3H3,(H,21,24)(H,20,22,25)/t12-/m1/s1. The molecule has 2 amide bonds. The Morgan fingerprint density at radius 3 is 2.69 bits per heavy atom. The first-order valence-corrected chi connectivity index (χ1v) is 8.33. The van der Waals surface area contributed by atoms with Gasteiger partial charge in [0.15, 0.2) is 0 Å². The molecule has 0 aliphatic carbocycles. The number of methoxy groups -OCH3 is 1. The summed E-state index contributed by atoms with van der Waals surface area (Å²) >= 11 is 5.77. The summed E-state index contributed by atoms with van der Waals surface area (Å²) in [4.78, 5) is 30.1. The number of amides is 2. The summed E-state index contributed by atoms with van der Waals surface area (Å²) in [6.45, 7) is 1.77. The fraction of sp³-hybridized carbons (Fsp3) is 0.278. The zero-order chi connectivity index (χ0) is 19.1. The molecule has 2 aromatic rings. The molecule has 138 valence electrons. The molecular weight excluding hydrogens is 356 g/mol. The minimum absolute atomic E-state index is 0.0554. The van der Waals surface area contributed by atoms with Crippen molar-refractivity contribution in [3.8, 4) is 5.75 Å². The second kappa shape index (κ2) is 9.17. The van der Waals surface area contributed by atoms with E-state index < -0.39 is 6.04 Å². The number of aromatic nitrogens is 1. The number of nitrogens with zero attached hydrogens (tertiary/aromatic N) is 2. The van der Waals surface area contributed by atoms with Crippen LogP contribution in [0.15, 0.2) is 42.6 Å². The van der Waals surface area contributed by atoms with Gasteiger partial charge in [0.1, 0.15) is 11.6 Å². The summed E-state index contributed by atoms with van der Waals surface area (Å²) in [6, 6.07) is 9.79. The van der Waals surface area contributed by atoms with E-state index in [1.165, 1.54) is 6.20 Å². The first-order chi connectivity index (χ1) is 12.4. The van der Waals surface area contributed by atoms with Crippen LogP contribution in [-0.4, -0.2) is 48.4 Å². The number of rotatable bonds is 7. The Kier molecular flexibility index (Phi) is 6.94. The average molecular weight is 377 g/mol. The molecule has 1 heterocycles. The zero-order valence-electron chi connectivity index (χ0n) is 14.8. The number of nitrogens with one attached hydrogen (secondary N) is 2. The van der Waals surface area contributed by atoms with Gasteiger partial charge in [-0.3, -0.25) is 14.5 Å². The van der Waals surface area contributed by atoms with E-state index in [-0.39, 0.29) is 18.4 Å². The highest BCUT2D eigenvalue weighted by Gasteiger charge is 2.20. The second-order valence-electron chi connectivity index (χ2n) is 5.72. The van der Waals surface area contributed by atoms with Gasteiger partial charge in [-0.2, -0.15) is 0 Å². The highest BCUT2D eigenvalue weighted by atomic mass is 35.5. The molecule has 0 aliphatic heterocycles. The molecule has 1 aromatic heterocycles. The summed E-state index contributed by atoms with van der Waals surface area (Å²) in [5, 5.41) is 5.96. The van der Waals surface area contributed by atoms with Gasteiger partial charge in [-0.05, 0) is 38.2 Å². The van der Waals surface area contributed by atoms with Crippen LogP contribution in [0.4, 0.5) is 11.5 Å². The van der Waals surface area contributed by atoms with Crippen LogP contribution in [-0.2, 0) is 9.59 Å². The molecule has 0 saturated carbocycles. The molecular formula is C18H21ClN4O3. The highest BCUT2D eigenvalue weighted by molar-refractivity contribution is 6.30. The maximum absolute atomic E-state index is 12.3. The lowest BCUT2D eigenvalue weighted by Gasteiger charge is -2.23. The summed E-state index contributed by atoms with van der Waals surface area (Å²) < 4.78 is 5.12. The first kappa shape index (κ1) is 19.7. The van der Waals surface area contributed by atoms with E-state index in [0.29, 0.717) is 22.3 Å². The quantitative estimate of drug-likeness (QED) is 0.776. The maximum Gasteiger partial charge on any atom is 0.242 e. The molecule has 26 heavy (non-hydrogen) atoms. The summed E-state index contributed by atoms with van der Waals surface area (Å²) in [5.74, 6) is 0.557. The molecule has 1 aromatic carbocycles. The summed E-state index contributed by atoms with van der Waals surface area (Å²) in [7, 11) is 3.26. The average Bonchev–Trinajstić information content (AvgIpc) is 2.62. The van der Waals surface area contributed by atoms with Crippen molar-refractivity contribution in [2.75, 3.05) is 31.3 Å². The van der Waals surface area contributed by atoms with Gasteiger partial charge >= 0.3 is 0 Å². The predicted octanol–water partition coefficient (Wildman–Crippen LogP) is 2.64. The van der Waals surface area contributed by atoms with E-state index in [2.05, 4.69) is 15.6 Å².